The lowest BCUT2D eigenvalue weighted by atomic mass is 9.92. The number of aryl methyl sites for hydroxylation is 2. The standard InChI is InChI=1S/C18H21NO/c1-20-17-9-6-14(7-10-17)5-8-15-3-2-4-16-13-19-12-11-18(15)16/h2-4,6-7,9-10,19H,5,8,11-13H2,1H3. The Morgan fingerprint density at radius 2 is 1.90 bits per heavy atom. The van der Waals surface area contributed by atoms with Crippen molar-refractivity contribution in [2.24, 2.45) is 0 Å². The van der Waals surface area contributed by atoms with E-state index in [1.807, 2.05) is 12.1 Å². The smallest absolute Gasteiger partial charge is 0.118 e. The maximum atomic E-state index is 5.20. The molecule has 3 rings (SSSR count). The van der Waals surface area contributed by atoms with Gasteiger partial charge >= 0.3 is 0 Å². The molecule has 0 radical (unpaired) electrons. The van der Waals surface area contributed by atoms with E-state index >= 15 is 0 Å². The van der Waals surface area contributed by atoms with Crippen LogP contribution in [-0.4, -0.2) is 13.7 Å². The third-order valence-corrected chi connectivity index (χ3v) is 4.08. The number of methoxy groups -OCH3 is 1. The van der Waals surface area contributed by atoms with E-state index in [0.717, 1.165) is 38.1 Å². The highest BCUT2D eigenvalue weighted by Crippen LogP contribution is 2.21. The van der Waals surface area contributed by atoms with Gasteiger partial charge in [0.2, 0.25) is 0 Å². The minimum absolute atomic E-state index is 0.928. The Labute approximate surface area is 120 Å². The van der Waals surface area contributed by atoms with Gasteiger partial charge in [-0.05, 0) is 60.2 Å². The summed E-state index contributed by atoms with van der Waals surface area (Å²) in [6, 6.07) is 15.1. The van der Waals surface area contributed by atoms with Crippen molar-refractivity contribution in [3.05, 3.63) is 64.7 Å². The van der Waals surface area contributed by atoms with Crippen molar-refractivity contribution >= 4 is 0 Å². The van der Waals surface area contributed by atoms with Crippen molar-refractivity contribution in [1.29, 1.82) is 0 Å². The van der Waals surface area contributed by atoms with Gasteiger partial charge in [0.25, 0.3) is 0 Å². The number of ether oxygens (including phenoxy) is 1. The quantitative estimate of drug-likeness (QED) is 0.919. The SMILES string of the molecule is COc1ccc(CCc2cccc3c2CCNC3)cc1. The highest BCUT2D eigenvalue weighted by molar-refractivity contribution is 5.38. The molecule has 0 aliphatic carbocycles. The number of hydrogen-bond acceptors (Lipinski definition) is 2. The van der Waals surface area contributed by atoms with Gasteiger partial charge in [-0.25, -0.2) is 0 Å². The minimum Gasteiger partial charge on any atom is -0.497 e. The number of hydrogen-bond donors (Lipinski definition) is 1. The Morgan fingerprint density at radius 3 is 2.70 bits per heavy atom. The average Bonchev–Trinajstić information content (AvgIpc) is 2.53. The molecule has 0 unspecified atom stereocenters. The summed E-state index contributed by atoms with van der Waals surface area (Å²) in [5.41, 5.74) is 5.93. The summed E-state index contributed by atoms with van der Waals surface area (Å²) in [7, 11) is 1.71. The average molecular weight is 267 g/mol. The first-order valence-electron chi connectivity index (χ1n) is 7.30. The molecule has 2 aromatic carbocycles. The van der Waals surface area contributed by atoms with E-state index < -0.39 is 0 Å². The van der Waals surface area contributed by atoms with E-state index in [1.165, 1.54) is 16.7 Å². The van der Waals surface area contributed by atoms with E-state index in [9.17, 15) is 0 Å². The molecule has 2 nitrogen and oxygen atoms in total. The molecule has 1 aliphatic rings. The molecule has 0 atom stereocenters. The van der Waals surface area contributed by atoms with Crippen LogP contribution in [0.15, 0.2) is 42.5 Å². The maximum absolute atomic E-state index is 5.20. The highest BCUT2D eigenvalue weighted by Gasteiger charge is 2.11. The summed E-state index contributed by atoms with van der Waals surface area (Å²) in [6.45, 7) is 2.12. The zero-order chi connectivity index (χ0) is 13.8. The van der Waals surface area contributed by atoms with Crippen LogP contribution in [0, 0.1) is 0 Å². The lowest BCUT2D eigenvalue weighted by Crippen LogP contribution is -2.24. The van der Waals surface area contributed by atoms with Crippen molar-refractivity contribution in [2.75, 3.05) is 13.7 Å². The van der Waals surface area contributed by atoms with Gasteiger partial charge in [0, 0.05) is 6.54 Å². The van der Waals surface area contributed by atoms with Crippen LogP contribution in [0.5, 0.6) is 5.75 Å². The lowest BCUT2D eigenvalue weighted by Gasteiger charge is -2.20. The molecule has 2 aromatic rings. The first kappa shape index (κ1) is 13.2. The first-order valence-corrected chi connectivity index (χ1v) is 7.30. The molecule has 1 heterocycles. The number of fused-ring (bicyclic) bond motifs is 1. The summed E-state index contributed by atoms with van der Waals surface area (Å²) in [5, 5.41) is 3.44. The zero-order valence-electron chi connectivity index (χ0n) is 12.0. The van der Waals surface area contributed by atoms with Gasteiger partial charge in [0.05, 0.1) is 7.11 Å². The molecule has 0 spiro atoms. The minimum atomic E-state index is 0.928. The molecule has 1 aliphatic heterocycles. The Balaban J connectivity index is 1.71. The van der Waals surface area contributed by atoms with Gasteiger partial charge in [-0.3, -0.25) is 0 Å². The molecule has 0 bridgehead atoms. The Bertz CT molecular complexity index is 574. The van der Waals surface area contributed by atoms with Crippen LogP contribution in [0.25, 0.3) is 0 Å². The van der Waals surface area contributed by atoms with Crippen molar-refractivity contribution in [3.8, 4) is 5.75 Å². The molecule has 104 valence electrons. The number of nitrogens with one attached hydrogen (secondary N) is 1. The molecule has 0 saturated heterocycles. The van der Waals surface area contributed by atoms with Gasteiger partial charge in [0.15, 0.2) is 0 Å². The molecule has 0 amide bonds. The molecule has 20 heavy (non-hydrogen) atoms. The second-order valence-electron chi connectivity index (χ2n) is 5.33. The van der Waals surface area contributed by atoms with E-state index in [0.29, 0.717) is 0 Å². The summed E-state index contributed by atoms with van der Waals surface area (Å²) in [5.74, 6) is 0.928. The zero-order valence-corrected chi connectivity index (χ0v) is 12.0. The Morgan fingerprint density at radius 1 is 1.05 bits per heavy atom. The fourth-order valence-electron chi connectivity index (χ4n) is 2.92. The van der Waals surface area contributed by atoms with Gasteiger partial charge in [-0.1, -0.05) is 30.3 Å². The monoisotopic (exact) mass is 267 g/mol. The van der Waals surface area contributed by atoms with Crippen LogP contribution >= 0.6 is 0 Å². The third-order valence-electron chi connectivity index (χ3n) is 4.08. The molecule has 1 N–H and O–H groups in total. The fourth-order valence-corrected chi connectivity index (χ4v) is 2.92. The molecule has 0 aromatic heterocycles. The van der Waals surface area contributed by atoms with E-state index in [-0.39, 0.29) is 0 Å². The number of rotatable bonds is 4. The fraction of sp³-hybridized carbons (Fsp3) is 0.333. The van der Waals surface area contributed by atoms with Crippen LogP contribution in [0.2, 0.25) is 0 Å². The third kappa shape index (κ3) is 2.86. The number of benzene rings is 2. The normalized spacial score (nSPS) is 13.8. The second-order valence-corrected chi connectivity index (χ2v) is 5.33. The predicted molar refractivity (Wildman–Crippen MR) is 82.3 cm³/mol. The second kappa shape index (κ2) is 6.10. The van der Waals surface area contributed by atoms with Crippen molar-refractivity contribution in [2.45, 2.75) is 25.8 Å². The van der Waals surface area contributed by atoms with E-state index in [4.69, 9.17) is 4.74 Å². The maximum Gasteiger partial charge on any atom is 0.118 e. The van der Waals surface area contributed by atoms with E-state index in [1.54, 1.807) is 12.7 Å². The molecule has 2 heteroatoms. The van der Waals surface area contributed by atoms with Gasteiger partial charge in [-0.15, -0.1) is 0 Å². The van der Waals surface area contributed by atoms with Gasteiger partial charge < -0.3 is 10.1 Å². The van der Waals surface area contributed by atoms with Crippen LogP contribution < -0.4 is 10.1 Å². The summed E-state index contributed by atoms with van der Waals surface area (Å²) in [4.78, 5) is 0. The summed E-state index contributed by atoms with van der Waals surface area (Å²) in [6.07, 6.45) is 3.37. The van der Waals surface area contributed by atoms with Crippen LogP contribution in [0.1, 0.15) is 22.3 Å². The molecule has 0 fully saturated rings. The topological polar surface area (TPSA) is 21.3 Å². The Hall–Kier alpha value is -1.80. The molecule has 0 saturated carbocycles. The van der Waals surface area contributed by atoms with Crippen LogP contribution in [0.3, 0.4) is 0 Å². The van der Waals surface area contributed by atoms with Crippen molar-refractivity contribution < 1.29 is 4.74 Å². The first-order chi connectivity index (χ1) is 9.86. The van der Waals surface area contributed by atoms with Crippen molar-refractivity contribution in [3.63, 3.8) is 0 Å². The van der Waals surface area contributed by atoms with Crippen molar-refractivity contribution in [1.82, 2.24) is 5.32 Å². The highest BCUT2D eigenvalue weighted by atomic mass is 16.5. The summed E-state index contributed by atoms with van der Waals surface area (Å²) >= 11 is 0. The molecular weight excluding hydrogens is 246 g/mol. The predicted octanol–water partition coefficient (Wildman–Crippen LogP) is 3.13. The van der Waals surface area contributed by atoms with Crippen LogP contribution in [-0.2, 0) is 25.8 Å². The Kier molecular flexibility index (Phi) is 4.03. The van der Waals surface area contributed by atoms with E-state index in [2.05, 4.69) is 35.6 Å². The lowest BCUT2D eigenvalue weighted by molar-refractivity contribution is 0.414. The largest absolute Gasteiger partial charge is 0.497 e. The van der Waals surface area contributed by atoms with Gasteiger partial charge in [-0.2, -0.15) is 0 Å². The van der Waals surface area contributed by atoms with Crippen LogP contribution in [0.4, 0.5) is 0 Å². The molecular formula is C18H21NO. The summed E-state index contributed by atoms with van der Waals surface area (Å²) < 4.78 is 5.20. The van der Waals surface area contributed by atoms with Gasteiger partial charge in [0.1, 0.15) is 5.75 Å².